The van der Waals surface area contributed by atoms with Crippen LogP contribution in [-0.2, 0) is 16.0 Å². The molecule has 0 aliphatic heterocycles. The van der Waals surface area contributed by atoms with Gasteiger partial charge < -0.3 is 4.74 Å². The molecule has 1 aromatic rings. The third kappa shape index (κ3) is 3.66. The van der Waals surface area contributed by atoms with Crippen LogP contribution in [0.5, 0.6) is 0 Å². The van der Waals surface area contributed by atoms with Crippen molar-refractivity contribution in [3.8, 4) is 0 Å². The molecule has 0 saturated carbocycles. The van der Waals surface area contributed by atoms with Gasteiger partial charge in [-0.25, -0.2) is 0 Å². The Morgan fingerprint density at radius 2 is 1.68 bits per heavy atom. The van der Waals surface area contributed by atoms with Crippen LogP contribution in [0.1, 0.15) is 43.6 Å². The number of esters is 1. The molecule has 0 aliphatic carbocycles. The molecule has 0 amide bonds. The van der Waals surface area contributed by atoms with E-state index in [0.29, 0.717) is 11.5 Å². The predicted octanol–water partition coefficient (Wildman–Crippen LogP) is 3.27. The van der Waals surface area contributed by atoms with Crippen molar-refractivity contribution < 1.29 is 14.3 Å². The van der Waals surface area contributed by atoms with Gasteiger partial charge in [0.2, 0.25) is 0 Å². The topological polar surface area (TPSA) is 43.4 Å². The summed E-state index contributed by atoms with van der Waals surface area (Å²) in [5.41, 5.74) is 0.597. The summed E-state index contributed by atoms with van der Waals surface area (Å²) in [4.78, 5) is 23.9. The molecule has 0 aromatic heterocycles. The highest BCUT2D eigenvalue weighted by molar-refractivity contribution is 6.11. The van der Waals surface area contributed by atoms with Gasteiger partial charge in [0.15, 0.2) is 5.78 Å². The molecule has 0 atom stereocenters. The number of benzene rings is 1. The summed E-state index contributed by atoms with van der Waals surface area (Å²) >= 11 is 0. The van der Waals surface area contributed by atoms with E-state index in [9.17, 15) is 9.59 Å². The first-order chi connectivity index (χ1) is 8.78. The molecule has 19 heavy (non-hydrogen) atoms. The number of carbonyl (C=O) groups is 2. The van der Waals surface area contributed by atoms with E-state index in [4.69, 9.17) is 0 Å². The largest absolute Gasteiger partial charge is 0.468 e. The average Bonchev–Trinajstić information content (AvgIpc) is 2.37. The van der Waals surface area contributed by atoms with E-state index in [2.05, 4.69) is 18.6 Å². The molecule has 0 spiro atoms. The summed E-state index contributed by atoms with van der Waals surface area (Å²) in [6.07, 6.45) is 0.981. The molecule has 0 saturated heterocycles. The lowest BCUT2D eigenvalue weighted by Gasteiger charge is -2.20. The van der Waals surface area contributed by atoms with Gasteiger partial charge in [0.25, 0.3) is 0 Å². The van der Waals surface area contributed by atoms with Crippen LogP contribution in [0, 0.1) is 11.3 Å². The fraction of sp³-hybridized carbons (Fsp3) is 0.500. The van der Waals surface area contributed by atoms with Crippen LogP contribution in [0.4, 0.5) is 0 Å². The fourth-order valence-electron chi connectivity index (χ4n) is 1.97. The number of carbonyl (C=O) groups excluding carboxylic acids is 2. The van der Waals surface area contributed by atoms with Gasteiger partial charge in [-0.1, -0.05) is 38.1 Å². The van der Waals surface area contributed by atoms with E-state index >= 15 is 0 Å². The van der Waals surface area contributed by atoms with Crippen LogP contribution < -0.4 is 0 Å². The third-order valence-electron chi connectivity index (χ3n) is 3.12. The number of ether oxygens (including phenoxy) is 1. The Hall–Kier alpha value is -1.64. The minimum atomic E-state index is -1.14. The Balaban J connectivity index is 2.92. The molecule has 3 nitrogen and oxygen atoms in total. The van der Waals surface area contributed by atoms with Crippen LogP contribution in [0.3, 0.4) is 0 Å². The van der Waals surface area contributed by atoms with Crippen LogP contribution in [0.2, 0.25) is 0 Å². The van der Waals surface area contributed by atoms with Crippen molar-refractivity contribution >= 4 is 11.8 Å². The van der Waals surface area contributed by atoms with Crippen LogP contribution in [0.25, 0.3) is 0 Å². The van der Waals surface area contributed by atoms with E-state index in [-0.39, 0.29) is 5.78 Å². The van der Waals surface area contributed by atoms with Crippen molar-refractivity contribution in [2.24, 2.45) is 11.3 Å². The highest BCUT2D eigenvalue weighted by atomic mass is 16.5. The number of ketones is 1. The lowest BCUT2D eigenvalue weighted by molar-refractivity contribution is -0.147. The maximum Gasteiger partial charge on any atom is 0.319 e. The normalized spacial score (nSPS) is 11.5. The summed E-state index contributed by atoms with van der Waals surface area (Å²) in [7, 11) is 1.29. The number of methoxy groups -OCH3 is 1. The second kappa shape index (κ2) is 6.00. The first-order valence-electron chi connectivity index (χ1n) is 6.51. The van der Waals surface area contributed by atoms with Crippen molar-refractivity contribution in [3.63, 3.8) is 0 Å². The molecular weight excluding hydrogens is 240 g/mol. The highest BCUT2D eigenvalue weighted by Crippen LogP contribution is 2.24. The van der Waals surface area contributed by atoms with Gasteiger partial charge in [0.05, 0.1) is 7.11 Å². The van der Waals surface area contributed by atoms with Crippen molar-refractivity contribution in [3.05, 3.63) is 35.4 Å². The monoisotopic (exact) mass is 262 g/mol. The van der Waals surface area contributed by atoms with Crippen molar-refractivity contribution in [1.29, 1.82) is 0 Å². The first kappa shape index (κ1) is 15.4. The average molecular weight is 262 g/mol. The van der Waals surface area contributed by atoms with E-state index in [1.54, 1.807) is 26.0 Å². The maximum absolute atomic E-state index is 12.3. The van der Waals surface area contributed by atoms with E-state index in [0.717, 1.165) is 6.42 Å². The summed E-state index contributed by atoms with van der Waals surface area (Å²) in [6.45, 7) is 7.48. The van der Waals surface area contributed by atoms with Crippen molar-refractivity contribution in [2.75, 3.05) is 7.11 Å². The molecule has 0 bridgehead atoms. The van der Waals surface area contributed by atoms with Gasteiger partial charge in [-0.15, -0.1) is 0 Å². The molecule has 0 radical (unpaired) electrons. The quantitative estimate of drug-likeness (QED) is 0.464. The van der Waals surface area contributed by atoms with Gasteiger partial charge >= 0.3 is 5.97 Å². The van der Waals surface area contributed by atoms with Crippen LogP contribution in [-0.4, -0.2) is 18.9 Å². The van der Waals surface area contributed by atoms with Gasteiger partial charge in [0.1, 0.15) is 5.41 Å². The molecule has 0 unspecified atom stereocenters. The van der Waals surface area contributed by atoms with Crippen molar-refractivity contribution in [1.82, 2.24) is 0 Å². The smallest absolute Gasteiger partial charge is 0.319 e. The Morgan fingerprint density at radius 3 is 2.11 bits per heavy atom. The maximum atomic E-state index is 12.3. The second-order valence-electron chi connectivity index (χ2n) is 5.74. The Bertz CT molecular complexity index is 455. The van der Waals surface area contributed by atoms with Gasteiger partial charge in [-0.3, -0.25) is 9.59 Å². The zero-order valence-electron chi connectivity index (χ0n) is 12.3. The lowest BCUT2D eigenvalue weighted by Crippen LogP contribution is -2.34. The van der Waals surface area contributed by atoms with Crippen LogP contribution in [0.15, 0.2) is 24.3 Å². The van der Waals surface area contributed by atoms with Gasteiger partial charge in [0, 0.05) is 5.56 Å². The molecule has 3 heteroatoms. The number of rotatable bonds is 5. The zero-order valence-corrected chi connectivity index (χ0v) is 12.3. The lowest BCUT2D eigenvalue weighted by atomic mass is 9.84. The summed E-state index contributed by atoms with van der Waals surface area (Å²) in [5.74, 6) is -0.146. The van der Waals surface area contributed by atoms with E-state index in [1.807, 2.05) is 12.1 Å². The fourth-order valence-corrected chi connectivity index (χ4v) is 1.97. The van der Waals surface area contributed by atoms with E-state index in [1.165, 1.54) is 12.7 Å². The minimum absolute atomic E-state index is 0.213. The third-order valence-corrected chi connectivity index (χ3v) is 3.12. The van der Waals surface area contributed by atoms with Gasteiger partial charge in [-0.05, 0) is 31.7 Å². The number of hydrogen-bond acceptors (Lipinski definition) is 3. The number of Topliss-reactive ketones (excluding diaryl/α,β-unsaturated/α-hetero) is 1. The Morgan fingerprint density at radius 1 is 1.16 bits per heavy atom. The Labute approximate surface area is 115 Å². The summed E-state index contributed by atoms with van der Waals surface area (Å²) < 4.78 is 4.67. The molecule has 104 valence electrons. The predicted molar refractivity (Wildman–Crippen MR) is 75.1 cm³/mol. The van der Waals surface area contributed by atoms with Crippen LogP contribution >= 0.6 is 0 Å². The molecule has 1 aromatic carbocycles. The molecular formula is C16H22O3. The molecule has 1 rings (SSSR count). The highest BCUT2D eigenvalue weighted by Gasteiger charge is 2.37. The Kier molecular flexibility index (Phi) is 4.87. The minimum Gasteiger partial charge on any atom is -0.468 e. The SMILES string of the molecule is COC(=O)C(C)(C)C(=O)c1ccc(CC(C)C)cc1. The molecule has 0 N–H and O–H groups in total. The summed E-state index contributed by atoms with van der Waals surface area (Å²) in [6, 6.07) is 7.46. The summed E-state index contributed by atoms with van der Waals surface area (Å²) in [5, 5.41) is 0. The molecule has 0 fully saturated rings. The second-order valence-corrected chi connectivity index (χ2v) is 5.74. The van der Waals surface area contributed by atoms with Gasteiger partial charge in [-0.2, -0.15) is 0 Å². The number of hydrogen-bond donors (Lipinski definition) is 0. The van der Waals surface area contributed by atoms with E-state index < -0.39 is 11.4 Å². The van der Waals surface area contributed by atoms with Crippen molar-refractivity contribution in [2.45, 2.75) is 34.1 Å². The molecule has 0 heterocycles. The standard InChI is InChI=1S/C16H22O3/c1-11(2)10-12-6-8-13(9-7-12)14(17)16(3,4)15(18)19-5/h6-9,11H,10H2,1-5H3. The molecule has 0 aliphatic rings. The first-order valence-corrected chi connectivity index (χ1v) is 6.51. The zero-order chi connectivity index (χ0) is 14.6.